The van der Waals surface area contributed by atoms with E-state index in [2.05, 4.69) is 10.6 Å². The van der Waals surface area contributed by atoms with Crippen molar-refractivity contribution in [3.63, 3.8) is 0 Å². The third-order valence-corrected chi connectivity index (χ3v) is 5.61. The van der Waals surface area contributed by atoms with Crippen molar-refractivity contribution in [2.75, 3.05) is 25.5 Å². The Hall–Kier alpha value is -3.35. The van der Waals surface area contributed by atoms with Gasteiger partial charge in [0.1, 0.15) is 11.8 Å². The Labute approximate surface area is 195 Å². The van der Waals surface area contributed by atoms with Gasteiger partial charge in [0.05, 0.1) is 18.4 Å². The maximum Gasteiger partial charge on any atom is 0.255 e. The zero-order chi connectivity index (χ0) is 24.0. The molecule has 1 fully saturated rings. The molecule has 0 saturated carbocycles. The molecule has 3 amide bonds. The lowest BCUT2D eigenvalue weighted by Gasteiger charge is -2.29. The van der Waals surface area contributed by atoms with E-state index < -0.39 is 6.04 Å². The van der Waals surface area contributed by atoms with Crippen LogP contribution in [-0.2, 0) is 4.79 Å². The van der Waals surface area contributed by atoms with Gasteiger partial charge in [0, 0.05) is 18.7 Å². The van der Waals surface area contributed by atoms with E-state index in [1.54, 1.807) is 55.6 Å². The summed E-state index contributed by atoms with van der Waals surface area (Å²) in [5.74, 6) is -0.117. The van der Waals surface area contributed by atoms with E-state index in [9.17, 15) is 14.4 Å². The number of hydrogen-bond acceptors (Lipinski definition) is 4. The minimum Gasteiger partial charge on any atom is -0.497 e. The molecule has 176 valence electrons. The minimum absolute atomic E-state index is 0.0458. The lowest BCUT2D eigenvalue weighted by molar-refractivity contribution is -0.132. The summed E-state index contributed by atoms with van der Waals surface area (Å²) >= 11 is 0. The van der Waals surface area contributed by atoms with Gasteiger partial charge in [0.25, 0.3) is 11.8 Å². The number of benzene rings is 2. The molecule has 1 heterocycles. The molecule has 2 N–H and O–H groups in total. The Morgan fingerprint density at radius 1 is 0.970 bits per heavy atom. The summed E-state index contributed by atoms with van der Waals surface area (Å²) in [4.78, 5) is 40.9. The lowest BCUT2D eigenvalue weighted by Crippen LogP contribution is -2.49. The second-order valence-corrected chi connectivity index (χ2v) is 9.55. The van der Waals surface area contributed by atoms with E-state index in [0.717, 1.165) is 25.9 Å². The Morgan fingerprint density at radius 3 is 2.21 bits per heavy atom. The van der Waals surface area contributed by atoms with Crippen LogP contribution in [0.2, 0.25) is 0 Å². The molecular formula is C26H33N3O4. The first-order valence-corrected chi connectivity index (χ1v) is 11.3. The summed E-state index contributed by atoms with van der Waals surface area (Å²) in [6.07, 6.45) is 2.50. The zero-order valence-corrected chi connectivity index (χ0v) is 19.8. The third kappa shape index (κ3) is 6.57. The number of nitrogens with zero attached hydrogens (tertiary/aromatic N) is 1. The van der Waals surface area contributed by atoms with Gasteiger partial charge in [-0.25, -0.2) is 0 Å². The van der Waals surface area contributed by atoms with Gasteiger partial charge >= 0.3 is 0 Å². The van der Waals surface area contributed by atoms with Gasteiger partial charge < -0.3 is 20.3 Å². The number of anilines is 1. The summed E-state index contributed by atoms with van der Waals surface area (Å²) < 4.78 is 5.13. The average molecular weight is 452 g/mol. The summed E-state index contributed by atoms with van der Waals surface area (Å²) in [6.45, 7) is 7.60. The Morgan fingerprint density at radius 2 is 1.61 bits per heavy atom. The average Bonchev–Trinajstić information content (AvgIpc) is 3.32. The summed E-state index contributed by atoms with van der Waals surface area (Å²) in [6, 6.07) is 12.9. The van der Waals surface area contributed by atoms with Gasteiger partial charge in [0.2, 0.25) is 5.91 Å². The predicted octanol–water partition coefficient (Wildman–Crippen LogP) is 4.10. The van der Waals surface area contributed by atoms with E-state index in [1.165, 1.54) is 0 Å². The Bertz CT molecular complexity index is 989. The van der Waals surface area contributed by atoms with Crippen LogP contribution in [0.3, 0.4) is 0 Å². The van der Waals surface area contributed by atoms with Crippen molar-refractivity contribution in [1.82, 2.24) is 10.2 Å². The van der Waals surface area contributed by atoms with E-state index >= 15 is 0 Å². The van der Waals surface area contributed by atoms with E-state index in [0.29, 0.717) is 29.0 Å². The van der Waals surface area contributed by atoms with E-state index in [4.69, 9.17) is 4.74 Å². The monoisotopic (exact) mass is 451 g/mol. The molecule has 1 aliphatic heterocycles. The fraction of sp³-hybridized carbons (Fsp3) is 0.423. The van der Waals surface area contributed by atoms with Crippen molar-refractivity contribution in [2.24, 2.45) is 5.41 Å². The van der Waals surface area contributed by atoms with Crippen LogP contribution < -0.4 is 15.4 Å². The molecule has 0 unspecified atom stereocenters. The molecule has 1 saturated heterocycles. The fourth-order valence-electron chi connectivity index (χ4n) is 3.93. The van der Waals surface area contributed by atoms with Gasteiger partial charge in [-0.15, -0.1) is 0 Å². The molecule has 0 radical (unpaired) electrons. The van der Waals surface area contributed by atoms with Crippen LogP contribution in [0.1, 0.15) is 60.7 Å². The Balaban J connectivity index is 1.77. The Kier molecular flexibility index (Phi) is 7.74. The van der Waals surface area contributed by atoms with E-state index in [1.807, 2.05) is 25.7 Å². The smallest absolute Gasteiger partial charge is 0.255 e. The third-order valence-electron chi connectivity index (χ3n) is 5.61. The first-order valence-electron chi connectivity index (χ1n) is 11.3. The number of methoxy groups -OCH3 is 1. The van der Waals surface area contributed by atoms with E-state index in [-0.39, 0.29) is 23.1 Å². The predicted molar refractivity (Wildman–Crippen MR) is 129 cm³/mol. The number of carbonyl (C=O) groups is 3. The van der Waals surface area contributed by atoms with Crippen molar-refractivity contribution in [1.29, 1.82) is 0 Å². The molecule has 2 aromatic rings. The topological polar surface area (TPSA) is 87.7 Å². The second kappa shape index (κ2) is 10.5. The largest absolute Gasteiger partial charge is 0.497 e. The highest BCUT2D eigenvalue weighted by atomic mass is 16.5. The first-order chi connectivity index (χ1) is 15.7. The van der Waals surface area contributed by atoms with Gasteiger partial charge in [-0.05, 0) is 61.1 Å². The maximum absolute atomic E-state index is 13.2. The number of ether oxygens (including phenoxy) is 1. The molecule has 0 aliphatic carbocycles. The number of para-hydroxylation sites is 1. The summed E-state index contributed by atoms with van der Waals surface area (Å²) in [5.41, 5.74) is 1.00. The summed E-state index contributed by atoms with van der Waals surface area (Å²) in [7, 11) is 1.56. The molecule has 0 spiro atoms. The SMILES string of the molecule is COc1ccc(C(=O)Nc2ccccc2C(=O)N[C@H](CC(C)(C)C)C(=O)N2CCCC2)cc1. The molecule has 0 aromatic heterocycles. The van der Waals surface area contributed by atoms with Crippen molar-refractivity contribution in [2.45, 2.75) is 46.1 Å². The second-order valence-electron chi connectivity index (χ2n) is 9.55. The quantitative estimate of drug-likeness (QED) is 0.663. The zero-order valence-electron chi connectivity index (χ0n) is 19.8. The number of amides is 3. The lowest BCUT2D eigenvalue weighted by atomic mass is 9.87. The molecule has 2 aromatic carbocycles. The van der Waals surface area contributed by atoms with Crippen molar-refractivity contribution in [3.05, 3.63) is 59.7 Å². The van der Waals surface area contributed by atoms with Crippen LogP contribution in [0.5, 0.6) is 5.75 Å². The highest BCUT2D eigenvalue weighted by Gasteiger charge is 2.31. The van der Waals surface area contributed by atoms with Crippen LogP contribution in [0.4, 0.5) is 5.69 Å². The van der Waals surface area contributed by atoms with Gasteiger partial charge in [-0.3, -0.25) is 14.4 Å². The van der Waals surface area contributed by atoms with Crippen molar-refractivity contribution in [3.8, 4) is 5.75 Å². The van der Waals surface area contributed by atoms with Crippen LogP contribution in [0, 0.1) is 5.41 Å². The molecule has 0 bridgehead atoms. The molecule has 1 aliphatic rings. The number of carbonyl (C=O) groups excluding carboxylic acids is 3. The minimum atomic E-state index is -0.624. The normalized spacial score (nSPS) is 14.5. The maximum atomic E-state index is 13.2. The molecule has 3 rings (SSSR count). The van der Waals surface area contributed by atoms with Gasteiger partial charge in [0.15, 0.2) is 0 Å². The highest BCUT2D eigenvalue weighted by molar-refractivity contribution is 6.09. The van der Waals surface area contributed by atoms with Crippen LogP contribution in [0.25, 0.3) is 0 Å². The van der Waals surface area contributed by atoms with Crippen LogP contribution in [-0.4, -0.2) is 48.9 Å². The van der Waals surface area contributed by atoms with Crippen LogP contribution >= 0.6 is 0 Å². The molecular weight excluding hydrogens is 418 g/mol. The van der Waals surface area contributed by atoms with Crippen molar-refractivity contribution >= 4 is 23.4 Å². The number of likely N-dealkylation sites (tertiary alicyclic amines) is 1. The molecule has 33 heavy (non-hydrogen) atoms. The number of nitrogens with one attached hydrogen (secondary N) is 2. The highest BCUT2D eigenvalue weighted by Crippen LogP contribution is 2.24. The van der Waals surface area contributed by atoms with Crippen molar-refractivity contribution < 1.29 is 19.1 Å². The fourth-order valence-corrected chi connectivity index (χ4v) is 3.93. The van der Waals surface area contributed by atoms with Gasteiger partial charge in [-0.2, -0.15) is 0 Å². The van der Waals surface area contributed by atoms with Crippen LogP contribution in [0.15, 0.2) is 48.5 Å². The number of hydrogen-bond donors (Lipinski definition) is 2. The summed E-state index contributed by atoms with van der Waals surface area (Å²) in [5, 5.41) is 5.75. The first kappa shape index (κ1) is 24.3. The molecule has 1 atom stereocenters. The number of rotatable bonds is 7. The molecule has 7 nitrogen and oxygen atoms in total. The standard InChI is InChI=1S/C26H33N3O4/c1-26(2,3)17-22(25(32)29-15-7-8-16-29)28-24(31)20-9-5-6-10-21(20)27-23(30)18-11-13-19(33-4)14-12-18/h5-6,9-14,22H,7-8,15-17H2,1-4H3,(H,27,30)(H,28,31)/t22-/m1/s1. The van der Waals surface area contributed by atoms with Gasteiger partial charge in [-0.1, -0.05) is 32.9 Å². The molecule has 7 heteroatoms.